The van der Waals surface area contributed by atoms with Gasteiger partial charge in [0.05, 0.1) is 6.61 Å². The fourth-order valence-corrected chi connectivity index (χ4v) is 2.06. The Morgan fingerprint density at radius 2 is 2.10 bits per heavy atom. The van der Waals surface area contributed by atoms with Crippen LogP contribution in [-0.4, -0.2) is 31.0 Å². The third kappa shape index (κ3) is 4.48. The zero-order valence-electron chi connectivity index (χ0n) is 12.7. The number of rotatable bonds is 3. The number of carboxylic acid groups (broad SMARTS) is 1. The van der Waals surface area contributed by atoms with Crippen molar-refractivity contribution in [3.63, 3.8) is 0 Å². The molecule has 0 aliphatic rings. The summed E-state index contributed by atoms with van der Waals surface area (Å²) in [5.74, 6) is 4.80. The lowest BCUT2D eigenvalue weighted by molar-refractivity contribution is 0.0690. The average Bonchev–Trinajstić information content (AvgIpc) is 2.33. The number of pyridine rings is 1. The second-order valence-electron chi connectivity index (χ2n) is 6.09. The SMILES string of the molecule is CC(C)(C)[Si](C)(C)OCC#Cc1ccnc(C(=O)O)c1. The molecule has 20 heavy (non-hydrogen) atoms. The molecular formula is C15H21NO3Si. The standard InChI is InChI=1S/C15H21NO3Si/c1-15(2,3)20(4,5)19-10-6-7-12-8-9-16-13(11-12)14(17)18/h8-9,11H,10H2,1-5H3,(H,17,18). The van der Waals surface area contributed by atoms with Gasteiger partial charge in [0.2, 0.25) is 0 Å². The topological polar surface area (TPSA) is 59.4 Å². The molecule has 4 nitrogen and oxygen atoms in total. The van der Waals surface area contributed by atoms with Gasteiger partial charge >= 0.3 is 5.97 Å². The van der Waals surface area contributed by atoms with Crippen molar-refractivity contribution >= 4 is 14.3 Å². The van der Waals surface area contributed by atoms with E-state index in [1.54, 1.807) is 6.07 Å². The summed E-state index contributed by atoms with van der Waals surface area (Å²) >= 11 is 0. The van der Waals surface area contributed by atoms with Gasteiger partial charge in [0, 0.05) is 11.8 Å². The zero-order valence-corrected chi connectivity index (χ0v) is 13.7. The Hall–Kier alpha value is -1.64. The van der Waals surface area contributed by atoms with Gasteiger partial charge < -0.3 is 9.53 Å². The number of hydrogen-bond donors (Lipinski definition) is 1. The Bertz CT molecular complexity index is 550. The van der Waals surface area contributed by atoms with E-state index >= 15 is 0 Å². The van der Waals surface area contributed by atoms with Crippen LogP contribution in [0.4, 0.5) is 0 Å². The Morgan fingerprint density at radius 1 is 1.45 bits per heavy atom. The van der Waals surface area contributed by atoms with Crippen LogP contribution >= 0.6 is 0 Å². The molecule has 1 N–H and O–H groups in total. The van der Waals surface area contributed by atoms with Crippen LogP contribution in [0.5, 0.6) is 0 Å². The van der Waals surface area contributed by atoms with Gasteiger partial charge in [-0.1, -0.05) is 32.6 Å². The smallest absolute Gasteiger partial charge is 0.354 e. The highest BCUT2D eigenvalue weighted by Crippen LogP contribution is 2.36. The van der Waals surface area contributed by atoms with Gasteiger partial charge in [-0.3, -0.25) is 0 Å². The van der Waals surface area contributed by atoms with E-state index in [4.69, 9.17) is 9.53 Å². The molecule has 0 aromatic carbocycles. The first-order valence-electron chi connectivity index (χ1n) is 6.46. The molecule has 0 spiro atoms. The predicted molar refractivity (Wildman–Crippen MR) is 81.2 cm³/mol. The van der Waals surface area contributed by atoms with Gasteiger partial charge in [0.25, 0.3) is 0 Å². The molecule has 0 radical (unpaired) electrons. The summed E-state index contributed by atoms with van der Waals surface area (Å²) in [5.41, 5.74) is 0.637. The van der Waals surface area contributed by atoms with Crippen LogP contribution in [0.15, 0.2) is 18.3 Å². The van der Waals surface area contributed by atoms with Crippen LogP contribution in [0.2, 0.25) is 18.1 Å². The number of carboxylic acids is 1. The third-order valence-electron chi connectivity index (χ3n) is 3.52. The highest BCUT2D eigenvalue weighted by atomic mass is 28.4. The van der Waals surface area contributed by atoms with E-state index in [0.29, 0.717) is 12.2 Å². The molecule has 5 heteroatoms. The van der Waals surface area contributed by atoms with E-state index < -0.39 is 14.3 Å². The molecule has 0 bridgehead atoms. The van der Waals surface area contributed by atoms with Gasteiger partial charge in [-0.25, -0.2) is 9.78 Å². The maximum absolute atomic E-state index is 10.8. The van der Waals surface area contributed by atoms with Crippen molar-refractivity contribution < 1.29 is 14.3 Å². The van der Waals surface area contributed by atoms with Gasteiger partial charge in [-0.2, -0.15) is 0 Å². The molecule has 0 fully saturated rings. The fraction of sp³-hybridized carbons (Fsp3) is 0.467. The third-order valence-corrected chi connectivity index (χ3v) is 8.00. The summed E-state index contributed by atoms with van der Waals surface area (Å²) in [6, 6.07) is 3.15. The fourth-order valence-electron chi connectivity index (χ4n) is 1.20. The van der Waals surface area contributed by atoms with E-state index in [-0.39, 0.29) is 10.7 Å². The first-order chi connectivity index (χ1) is 9.13. The highest BCUT2D eigenvalue weighted by Gasteiger charge is 2.36. The van der Waals surface area contributed by atoms with Crippen molar-refractivity contribution in [3.8, 4) is 11.8 Å². The van der Waals surface area contributed by atoms with E-state index in [9.17, 15) is 4.79 Å². The summed E-state index contributed by atoms with van der Waals surface area (Å²) < 4.78 is 5.93. The minimum atomic E-state index is -1.78. The van der Waals surface area contributed by atoms with Crippen LogP contribution < -0.4 is 0 Å². The molecule has 0 aliphatic carbocycles. The molecule has 108 valence electrons. The van der Waals surface area contributed by atoms with E-state index in [1.807, 2.05) is 0 Å². The molecule has 1 aromatic rings. The largest absolute Gasteiger partial charge is 0.477 e. The second kappa shape index (κ2) is 6.20. The van der Waals surface area contributed by atoms with Crippen molar-refractivity contribution in [3.05, 3.63) is 29.6 Å². The first kappa shape index (κ1) is 16.4. The van der Waals surface area contributed by atoms with Crippen LogP contribution in [0.25, 0.3) is 0 Å². The number of aromatic carboxylic acids is 1. The second-order valence-corrected chi connectivity index (χ2v) is 10.9. The lowest BCUT2D eigenvalue weighted by Crippen LogP contribution is -2.40. The van der Waals surface area contributed by atoms with Crippen molar-refractivity contribution in [1.29, 1.82) is 0 Å². The number of nitrogens with zero attached hydrogens (tertiary/aromatic N) is 1. The van der Waals surface area contributed by atoms with E-state index in [1.165, 1.54) is 12.3 Å². The van der Waals surface area contributed by atoms with Crippen LogP contribution in [0.3, 0.4) is 0 Å². The normalized spacial score (nSPS) is 11.7. The minimum Gasteiger partial charge on any atom is -0.477 e. The van der Waals surface area contributed by atoms with Crippen molar-refractivity contribution in [2.45, 2.75) is 38.9 Å². The van der Waals surface area contributed by atoms with Gasteiger partial charge in [-0.05, 0) is 30.3 Å². The Balaban J connectivity index is 2.68. The maximum Gasteiger partial charge on any atom is 0.354 e. The monoisotopic (exact) mass is 291 g/mol. The Labute approximate surface area is 121 Å². The summed E-state index contributed by atoms with van der Waals surface area (Å²) in [4.78, 5) is 14.5. The highest BCUT2D eigenvalue weighted by molar-refractivity contribution is 6.74. The lowest BCUT2D eigenvalue weighted by Gasteiger charge is -2.35. The first-order valence-corrected chi connectivity index (χ1v) is 9.36. The molecule has 1 aromatic heterocycles. The Kier molecular flexibility index (Phi) is 5.09. The van der Waals surface area contributed by atoms with Gasteiger partial charge in [0.15, 0.2) is 8.32 Å². The summed E-state index contributed by atoms with van der Waals surface area (Å²) in [7, 11) is -1.78. The predicted octanol–water partition coefficient (Wildman–Crippen LogP) is 3.15. The minimum absolute atomic E-state index is 0.00196. The zero-order chi connectivity index (χ0) is 15.4. The summed E-state index contributed by atoms with van der Waals surface area (Å²) in [5, 5.41) is 9.00. The number of aromatic nitrogens is 1. The molecule has 1 rings (SSSR count). The average molecular weight is 291 g/mol. The molecule has 0 saturated heterocycles. The summed E-state index contributed by atoms with van der Waals surface area (Å²) in [6.07, 6.45) is 1.45. The number of hydrogen-bond acceptors (Lipinski definition) is 3. The molecule has 0 unspecified atom stereocenters. The van der Waals surface area contributed by atoms with Gasteiger partial charge in [0.1, 0.15) is 5.69 Å². The van der Waals surface area contributed by atoms with E-state index in [0.717, 1.165) is 0 Å². The summed E-state index contributed by atoms with van der Waals surface area (Å²) in [6.45, 7) is 11.2. The number of carbonyl (C=O) groups is 1. The Morgan fingerprint density at radius 3 is 2.65 bits per heavy atom. The molecule has 0 amide bonds. The van der Waals surface area contributed by atoms with Gasteiger partial charge in [-0.15, -0.1) is 0 Å². The molecule has 1 heterocycles. The van der Waals surface area contributed by atoms with Crippen LogP contribution in [0, 0.1) is 11.8 Å². The lowest BCUT2D eigenvalue weighted by atomic mass is 10.2. The van der Waals surface area contributed by atoms with Crippen molar-refractivity contribution in [2.75, 3.05) is 6.61 Å². The van der Waals surface area contributed by atoms with Crippen LogP contribution in [-0.2, 0) is 4.43 Å². The quantitative estimate of drug-likeness (QED) is 0.686. The molecule has 0 aliphatic heterocycles. The van der Waals surface area contributed by atoms with Crippen LogP contribution in [0.1, 0.15) is 36.8 Å². The molecule has 0 atom stereocenters. The molecule has 0 saturated carbocycles. The van der Waals surface area contributed by atoms with E-state index in [2.05, 4.69) is 50.7 Å². The maximum atomic E-state index is 10.8. The van der Waals surface area contributed by atoms with Crippen molar-refractivity contribution in [2.24, 2.45) is 0 Å². The molecular weight excluding hydrogens is 270 g/mol. The van der Waals surface area contributed by atoms with Crippen molar-refractivity contribution in [1.82, 2.24) is 4.98 Å².